The van der Waals surface area contributed by atoms with Gasteiger partial charge in [-0.05, 0) is 34.1 Å². The number of aryl methyl sites for hydroxylation is 1. The zero-order chi connectivity index (χ0) is 25.2. The summed E-state index contributed by atoms with van der Waals surface area (Å²) in [5, 5.41) is 6.60. The fourth-order valence-corrected chi connectivity index (χ4v) is 2.83. The monoisotopic (exact) mass is 471 g/mol. The molecule has 0 aliphatic carbocycles. The molecule has 0 aliphatic rings. The smallest absolute Gasteiger partial charge is 0.420 e. The molecule has 0 bridgehead atoms. The highest BCUT2D eigenvalue weighted by atomic mass is 19.4. The Morgan fingerprint density at radius 2 is 1.70 bits per heavy atom. The molecule has 0 unspecified atom stereocenters. The number of ether oxygens (including phenoxy) is 2. The number of hydrogen-bond donors (Lipinski definition) is 1. The number of carbonyl (C=O) groups is 2. The van der Waals surface area contributed by atoms with Crippen molar-refractivity contribution < 1.29 is 32.2 Å². The number of benzene rings is 1. The molecule has 1 heterocycles. The number of esters is 1. The van der Waals surface area contributed by atoms with Gasteiger partial charge in [-0.25, -0.2) is 9.59 Å². The van der Waals surface area contributed by atoms with E-state index in [0.29, 0.717) is 0 Å². The van der Waals surface area contributed by atoms with Crippen molar-refractivity contribution in [3.63, 3.8) is 0 Å². The summed E-state index contributed by atoms with van der Waals surface area (Å²) in [5.41, 5.74) is -2.60. The number of alkyl halides is 3. The molecule has 0 atom stereocenters. The van der Waals surface area contributed by atoms with Crippen molar-refractivity contribution in [2.24, 2.45) is 0 Å². The maximum atomic E-state index is 13.9. The molecule has 0 spiro atoms. The van der Waals surface area contributed by atoms with E-state index in [2.05, 4.69) is 10.4 Å². The Balaban J connectivity index is 0.00000265. The van der Waals surface area contributed by atoms with E-state index in [9.17, 15) is 22.8 Å². The number of nitrogens with one attached hydrogen (secondary N) is 1. The third kappa shape index (κ3) is 8.43. The fraction of sp³-hybridized carbons (Fsp3) is 0.522. The molecule has 1 amide bonds. The molecule has 10 heteroatoms. The van der Waals surface area contributed by atoms with E-state index < -0.39 is 35.1 Å². The number of carbonyl (C=O) groups excluding carboxylic acids is 2. The van der Waals surface area contributed by atoms with Crippen LogP contribution in [0.2, 0.25) is 0 Å². The molecule has 0 fully saturated rings. The first-order valence-corrected chi connectivity index (χ1v) is 10.8. The maximum absolute atomic E-state index is 13.9. The van der Waals surface area contributed by atoms with Gasteiger partial charge in [-0.15, -0.1) is 0 Å². The Labute approximate surface area is 192 Å². The molecule has 2 aromatic rings. The topological polar surface area (TPSA) is 82.5 Å². The molecular weight excluding hydrogens is 439 g/mol. The highest BCUT2D eigenvalue weighted by molar-refractivity contribution is 5.92. The van der Waals surface area contributed by atoms with Crippen LogP contribution in [0, 0.1) is 0 Å². The first-order chi connectivity index (χ1) is 15.4. The Hall–Kier alpha value is -3.04. The van der Waals surface area contributed by atoms with Crippen molar-refractivity contribution in [1.29, 1.82) is 0 Å². The van der Waals surface area contributed by atoms with Gasteiger partial charge in [0.1, 0.15) is 16.9 Å². The SMILES string of the molecule is CC.CCOC(=O)c1c(C(F)(F)F)c(-c2ccccc2)nn1CCCNC(=O)OC(C)(C)C. The molecular formula is C23H32F3N3O4. The lowest BCUT2D eigenvalue weighted by atomic mass is 10.1. The Morgan fingerprint density at radius 1 is 1.09 bits per heavy atom. The molecule has 0 saturated carbocycles. The number of rotatable bonds is 7. The van der Waals surface area contributed by atoms with Crippen LogP contribution in [0.25, 0.3) is 11.3 Å². The van der Waals surface area contributed by atoms with Gasteiger partial charge in [-0.3, -0.25) is 4.68 Å². The third-order valence-electron chi connectivity index (χ3n) is 3.97. The number of halogens is 3. The summed E-state index contributed by atoms with van der Waals surface area (Å²) in [7, 11) is 0. The van der Waals surface area contributed by atoms with E-state index in [-0.39, 0.29) is 37.4 Å². The van der Waals surface area contributed by atoms with E-state index in [4.69, 9.17) is 9.47 Å². The Bertz CT molecular complexity index is 904. The molecule has 7 nitrogen and oxygen atoms in total. The van der Waals surface area contributed by atoms with Gasteiger partial charge in [0.15, 0.2) is 5.69 Å². The van der Waals surface area contributed by atoms with Crippen LogP contribution < -0.4 is 5.32 Å². The molecule has 0 saturated heterocycles. The summed E-state index contributed by atoms with van der Waals surface area (Å²) in [6.07, 6.45) is -5.24. The second-order valence-electron chi connectivity index (χ2n) is 7.66. The van der Waals surface area contributed by atoms with E-state index >= 15 is 0 Å². The quantitative estimate of drug-likeness (QED) is 0.415. The van der Waals surface area contributed by atoms with Gasteiger partial charge in [0.2, 0.25) is 0 Å². The van der Waals surface area contributed by atoms with E-state index in [0.717, 1.165) is 4.68 Å². The van der Waals surface area contributed by atoms with Crippen molar-refractivity contribution in [3.8, 4) is 11.3 Å². The van der Waals surface area contributed by atoms with Gasteiger partial charge in [0.05, 0.1) is 6.61 Å². The Kier molecular flexibility index (Phi) is 10.4. The van der Waals surface area contributed by atoms with Crippen LogP contribution in [0.1, 0.15) is 64.0 Å². The summed E-state index contributed by atoms with van der Waals surface area (Å²) >= 11 is 0. The first kappa shape index (κ1) is 28.0. The van der Waals surface area contributed by atoms with Crippen LogP contribution in [0.5, 0.6) is 0 Å². The summed E-state index contributed by atoms with van der Waals surface area (Å²) in [5.74, 6) is -1.11. The van der Waals surface area contributed by atoms with Crippen LogP contribution in [0.15, 0.2) is 30.3 Å². The number of nitrogens with zero attached hydrogens (tertiary/aromatic N) is 2. The van der Waals surface area contributed by atoms with E-state index in [1.54, 1.807) is 39.0 Å². The summed E-state index contributed by atoms with van der Waals surface area (Å²) < 4.78 is 52.7. The lowest BCUT2D eigenvalue weighted by Gasteiger charge is -2.19. The average Bonchev–Trinajstić information content (AvgIpc) is 3.12. The predicted molar refractivity (Wildman–Crippen MR) is 119 cm³/mol. The van der Waals surface area contributed by atoms with E-state index in [1.807, 2.05) is 13.8 Å². The Morgan fingerprint density at radius 3 is 2.21 bits per heavy atom. The minimum absolute atomic E-state index is 0.0418. The predicted octanol–water partition coefficient (Wildman–Crippen LogP) is 5.69. The van der Waals surface area contributed by atoms with Gasteiger partial charge in [0.25, 0.3) is 0 Å². The molecule has 184 valence electrons. The van der Waals surface area contributed by atoms with Crippen LogP contribution in [-0.4, -0.2) is 40.6 Å². The van der Waals surface area contributed by atoms with Crippen molar-refractivity contribution in [2.45, 2.75) is 66.3 Å². The minimum Gasteiger partial charge on any atom is -0.461 e. The molecule has 1 aromatic heterocycles. The lowest BCUT2D eigenvalue weighted by Crippen LogP contribution is -2.33. The third-order valence-corrected chi connectivity index (χ3v) is 3.97. The fourth-order valence-electron chi connectivity index (χ4n) is 2.83. The minimum atomic E-state index is -4.82. The highest BCUT2D eigenvalue weighted by Gasteiger charge is 2.43. The zero-order valence-electron chi connectivity index (χ0n) is 19.9. The second kappa shape index (κ2) is 12.3. The maximum Gasteiger partial charge on any atom is 0.420 e. The van der Waals surface area contributed by atoms with Crippen molar-refractivity contribution in [1.82, 2.24) is 15.1 Å². The number of amides is 1. The molecule has 0 aliphatic heterocycles. The van der Waals surface area contributed by atoms with Crippen LogP contribution in [0.3, 0.4) is 0 Å². The van der Waals surface area contributed by atoms with Gasteiger partial charge in [0, 0.05) is 18.7 Å². The molecule has 33 heavy (non-hydrogen) atoms. The van der Waals surface area contributed by atoms with Gasteiger partial charge < -0.3 is 14.8 Å². The molecule has 2 rings (SSSR count). The van der Waals surface area contributed by atoms with Gasteiger partial charge in [-0.1, -0.05) is 44.2 Å². The summed E-state index contributed by atoms with van der Waals surface area (Å²) in [6.45, 7) is 10.7. The summed E-state index contributed by atoms with van der Waals surface area (Å²) in [4.78, 5) is 24.1. The standard InChI is InChI=1S/C21H26F3N3O4.C2H6/c1-5-30-18(28)17-15(21(22,23)24)16(14-10-7-6-8-11-14)26-27(17)13-9-12-25-19(29)31-20(2,3)4;1-2/h6-8,10-11H,5,9,12-13H2,1-4H3,(H,25,29);1-2H3. The first-order valence-electron chi connectivity index (χ1n) is 10.8. The number of hydrogen-bond acceptors (Lipinski definition) is 5. The van der Waals surface area contributed by atoms with Gasteiger partial charge >= 0.3 is 18.2 Å². The summed E-state index contributed by atoms with van der Waals surface area (Å²) in [6, 6.07) is 7.82. The largest absolute Gasteiger partial charge is 0.461 e. The number of aromatic nitrogens is 2. The highest BCUT2D eigenvalue weighted by Crippen LogP contribution is 2.39. The number of alkyl carbamates (subject to hydrolysis) is 1. The van der Waals surface area contributed by atoms with Crippen molar-refractivity contribution in [3.05, 3.63) is 41.6 Å². The van der Waals surface area contributed by atoms with Gasteiger partial charge in [-0.2, -0.15) is 18.3 Å². The average molecular weight is 472 g/mol. The normalized spacial score (nSPS) is 11.3. The van der Waals surface area contributed by atoms with Crippen LogP contribution in [-0.2, 0) is 22.2 Å². The van der Waals surface area contributed by atoms with Crippen molar-refractivity contribution >= 4 is 12.1 Å². The zero-order valence-corrected chi connectivity index (χ0v) is 19.9. The second-order valence-corrected chi connectivity index (χ2v) is 7.66. The molecule has 1 N–H and O–H groups in total. The lowest BCUT2D eigenvalue weighted by molar-refractivity contribution is -0.137. The van der Waals surface area contributed by atoms with E-state index in [1.165, 1.54) is 19.1 Å². The molecule has 1 aromatic carbocycles. The van der Waals surface area contributed by atoms with Crippen LogP contribution in [0.4, 0.5) is 18.0 Å². The van der Waals surface area contributed by atoms with Crippen LogP contribution >= 0.6 is 0 Å². The van der Waals surface area contributed by atoms with Crippen molar-refractivity contribution in [2.75, 3.05) is 13.2 Å². The molecule has 0 radical (unpaired) electrons.